The third-order valence-electron chi connectivity index (χ3n) is 4.46. The molecule has 0 saturated heterocycles. The highest BCUT2D eigenvalue weighted by atomic mass is 32.2. The van der Waals surface area contributed by atoms with Crippen molar-refractivity contribution in [3.8, 4) is 5.75 Å². The van der Waals surface area contributed by atoms with Gasteiger partial charge in [-0.15, -0.1) is 0 Å². The van der Waals surface area contributed by atoms with Crippen molar-refractivity contribution in [2.75, 3.05) is 6.26 Å². The minimum atomic E-state index is -3.21. The summed E-state index contributed by atoms with van der Waals surface area (Å²) in [5.74, 6) is 0.631. The van der Waals surface area contributed by atoms with Gasteiger partial charge in [0.15, 0.2) is 9.84 Å². The molecular weight excluding hydrogens is 364 g/mol. The van der Waals surface area contributed by atoms with Gasteiger partial charge in [0.1, 0.15) is 17.9 Å². The van der Waals surface area contributed by atoms with Crippen LogP contribution in [0.15, 0.2) is 56.6 Å². The summed E-state index contributed by atoms with van der Waals surface area (Å²) >= 11 is 0. The molecule has 3 aromatic rings. The minimum absolute atomic E-state index is 0.276. The standard InChI is InChI=1S/C21H22O5S/c1-4-5-16-12-20(22)26-21-14(2)19(11-10-18(16)21)25-13-15-6-8-17(9-7-15)27(3,23)24/h6-12H,4-5,13H2,1-3H3. The van der Waals surface area contributed by atoms with Crippen molar-refractivity contribution in [1.29, 1.82) is 0 Å². The predicted octanol–water partition coefficient (Wildman–Crippen LogP) is 4.04. The Morgan fingerprint density at radius 2 is 1.78 bits per heavy atom. The Morgan fingerprint density at radius 1 is 1.07 bits per heavy atom. The molecule has 1 aromatic heterocycles. The summed E-state index contributed by atoms with van der Waals surface area (Å²) in [6, 6.07) is 11.9. The van der Waals surface area contributed by atoms with Crippen LogP contribution in [0.4, 0.5) is 0 Å². The molecule has 6 heteroatoms. The molecule has 0 aliphatic heterocycles. The average molecular weight is 386 g/mol. The smallest absolute Gasteiger partial charge is 0.336 e. The number of fused-ring (bicyclic) bond motifs is 1. The first kappa shape index (κ1) is 19.2. The SMILES string of the molecule is CCCc1cc(=O)oc2c(C)c(OCc3ccc(S(C)(=O)=O)cc3)ccc12. The summed E-state index contributed by atoms with van der Waals surface area (Å²) in [6.07, 6.45) is 2.94. The normalized spacial score (nSPS) is 11.7. The molecule has 1 heterocycles. The van der Waals surface area contributed by atoms with Crippen LogP contribution in [0.2, 0.25) is 0 Å². The predicted molar refractivity (Wildman–Crippen MR) is 105 cm³/mol. The van der Waals surface area contributed by atoms with Crippen molar-refractivity contribution in [3.05, 3.63) is 69.6 Å². The zero-order valence-corrected chi connectivity index (χ0v) is 16.4. The molecule has 142 valence electrons. The van der Waals surface area contributed by atoms with Crippen LogP contribution in [0, 0.1) is 6.92 Å². The van der Waals surface area contributed by atoms with Gasteiger partial charge in [0, 0.05) is 23.3 Å². The summed E-state index contributed by atoms with van der Waals surface area (Å²) in [5, 5.41) is 0.929. The van der Waals surface area contributed by atoms with Crippen molar-refractivity contribution >= 4 is 20.8 Å². The number of hydrogen-bond acceptors (Lipinski definition) is 5. The number of aryl methyl sites for hydroxylation is 2. The maximum atomic E-state index is 11.9. The van der Waals surface area contributed by atoms with Crippen molar-refractivity contribution < 1.29 is 17.6 Å². The van der Waals surface area contributed by atoms with E-state index < -0.39 is 9.84 Å². The Hall–Kier alpha value is -2.60. The summed E-state index contributed by atoms with van der Waals surface area (Å²) in [7, 11) is -3.21. The van der Waals surface area contributed by atoms with Gasteiger partial charge in [-0.1, -0.05) is 25.5 Å². The van der Waals surface area contributed by atoms with E-state index in [0.29, 0.717) is 11.3 Å². The van der Waals surface area contributed by atoms with E-state index >= 15 is 0 Å². The van der Waals surface area contributed by atoms with Gasteiger partial charge in [0.25, 0.3) is 0 Å². The van der Waals surface area contributed by atoms with Crippen LogP contribution in [-0.2, 0) is 22.9 Å². The molecule has 0 saturated carbocycles. The molecule has 0 aliphatic rings. The van der Waals surface area contributed by atoms with Crippen molar-refractivity contribution in [2.45, 2.75) is 38.2 Å². The molecule has 0 radical (unpaired) electrons. The number of hydrogen-bond donors (Lipinski definition) is 0. The topological polar surface area (TPSA) is 73.6 Å². The molecule has 0 atom stereocenters. The second-order valence-electron chi connectivity index (χ2n) is 6.61. The van der Waals surface area contributed by atoms with Crippen LogP contribution in [0.25, 0.3) is 11.0 Å². The maximum absolute atomic E-state index is 11.9. The van der Waals surface area contributed by atoms with Crippen LogP contribution in [0.1, 0.15) is 30.0 Å². The first-order chi connectivity index (χ1) is 12.8. The molecule has 0 bridgehead atoms. The molecule has 0 spiro atoms. The molecule has 27 heavy (non-hydrogen) atoms. The van der Waals surface area contributed by atoms with Crippen LogP contribution < -0.4 is 10.4 Å². The quantitative estimate of drug-likeness (QED) is 0.598. The lowest BCUT2D eigenvalue weighted by Crippen LogP contribution is -2.03. The lowest BCUT2D eigenvalue weighted by Gasteiger charge is -2.12. The van der Waals surface area contributed by atoms with E-state index in [9.17, 15) is 13.2 Å². The number of benzene rings is 2. The lowest BCUT2D eigenvalue weighted by atomic mass is 10.0. The highest BCUT2D eigenvalue weighted by molar-refractivity contribution is 7.90. The summed E-state index contributed by atoms with van der Waals surface area (Å²) in [6.45, 7) is 4.22. The second kappa shape index (κ2) is 7.56. The van der Waals surface area contributed by atoms with E-state index in [2.05, 4.69) is 6.92 Å². The van der Waals surface area contributed by atoms with Gasteiger partial charge in [-0.25, -0.2) is 13.2 Å². The van der Waals surface area contributed by atoms with E-state index in [4.69, 9.17) is 9.15 Å². The fourth-order valence-corrected chi connectivity index (χ4v) is 3.67. The zero-order chi connectivity index (χ0) is 19.6. The first-order valence-corrected chi connectivity index (χ1v) is 10.7. The number of sulfone groups is 1. The van der Waals surface area contributed by atoms with Crippen molar-refractivity contribution in [3.63, 3.8) is 0 Å². The summed E-state index contributed by atoms with van der Waals surface area (Å²) in [4.78, 5) is 12.2. The van der Waals surface area contributed by atoms with E-state index in [0.717, 1.165) is 34.9 Å². The summed E-state index contributed by atoms with van der Waals surface area (Å²) < 4.78 is 34.4. The Balaban J connectivity index is 1.87. The van der Waals surface area contributed by atoms with Crippen LogP contribution >= 0.6 is 0 Å². The number of ether oxygens (including phenoxy) is 1. The van der Waals surface area contributed by atoms with Gasteiger partial charge in [-0.05, 0) is 48.7 Å². The van der Waals surface area contributed by atoms with Gasteiger partial charge < -0.3 is 9.15 Å². The maximum Gasteiger partial charge on any atom is 0.336 e. The molecule has 0 N–H and O–H groups in total. The van der Waals surface area contributed by atoms with Gasteiger partial charge in [0.05, 0.1) is 4.90 Å². The largest absolute Gasteiger partial charge is 0.488 e. The van der Waals surface area contributed by atoms with Crippen LogP contribution in [0.3, 0.4) is 0 Å². The molecule has 0 amide bonds. The van der Waals surface area contributed by atoms with Crippen molar-refractivity contribution in [2.24, 2.45) is 0 Å². The highest BCUT2D eigenvalue weighted by Crippen LogP contribution is 2.29. The van der Waals surface area contributed by atoms with E-state index in [1.54, 1.807) is 30.3 Å². The number of rotatable bonds is 6. The fourth-order valence-electron chi connectivity index (χ4n) is 3.03. The Bertz CT molecular complexity index is 1130. The minimum Gasteiger partial charge on any atom is -0.488 e. The molecule has 0 aliphatic carbocycles. The van der Waals surface area contributed by atoms with Crippen molar-refractivity contribution in [1.82, 2.24) is 0 Å². The van der Waals surface area contributed by atoms with Crippen LogP contribution in [-0.4, -0.2) is 14.7 Å². The Kier molecular flexibility index (Phi) is 5.37. The third-order valence-corrected chi connectivity index (χ3v) is 5.59. The Labute approximate surface area is 158 Å². The third kappa shape index (κ3) is 4.22. The lowest BCUT2D eigenvalue weighted by molar-refractivity contribution is 0.304. The van der Waals surface area contributed by atoms with Crippen LogP contribution in [0.5, 0.6) is 5.75 Å². The first-order valence-electron chi connectivity index (χ1n) is 8.77. The van der Waals surface area contributed by atoms with E-state index in [1.807, 2.05) is 19.1 Å². The molecule has 3 rings (SSSR count). The molecular formula is C21H22O5S. The summed E-state index contributed by atoms with van der Waals surface area (Å²) in [5.41, 5.74) is 2.80. The fraction of sp³-hybridized carbons (Fsp3) is 0.286. The van der Waals surface area contributed by atoms with E-state index in [1.165, 1.54) is 6.26 Å². The Morgan fingerprint density at radius 3 is 2.41 bits per heavy atom. The monoisotopic (exact) mass is 386 g/mol. The zero-order valence-electron chi connectivity index (χ0n) is 15.6. The molecule has 5 nitrogen and oxygen atoms in total. The van der Waals surface area contributed by atoms with Gasteiger partial charge in [-0.2, -0.15) is 0 Å². The van der Waals surface area contributed by atoms with Gasteiger partial charge in [0.2, 0.25) is 0 Å². The highest BCUT2D eigenvalue weighted by Gasteiger charge is 2.12. The van der Waals surface area contributed by atoms with E-state index in [-0.39, 0.29) is 17.1 Å². The van der Waals surface area contributed by atoms with Gasteiger partial charge >= 0.3 is 5.63 Å². The molecule has 0 unspecified atom stereocenters. The average Bonchev–Trinajstić information content (AvgIpc) is 2.61. The molecule has 2 aromatic carbocycles. The van der Waals surface area contributed by atoms with Gasteiger partial charge in [-0.3, -0.25) is 0 Å². The second-order valence-corrected chi connectivity index (χ2v) is 8.63. The molecule has 0 fully saturated rings.